The molecule has 2 aromatic heterocycles. The fourth-order valence-electron chi connectivity index (χ4n) is 2.14. The number of fused-ring (bicyclic) bond motifs is 3. The maximum atomic E-state index is 12.7. The minimum atomic E-state index is -4.40. The van der Waals surface area contributed by atoms with Crippen molar-refractivity contribution in [1.82, 2.24) is 14.8 Å². The van der Waals surface area contributed by atoms with Gasteiger partial charge in [-0.25, -0.2) is 4.98 Å². The second kappa shape index (κ2) is 3.59. The number of pyridine rings is 1. The van der Waals surface area contributed by atoms with E-state index in [1.165, 1.54) is 6.07 Å². The van der Waals surface area contributed by atoms with Gasteiger partial charge in [-0.05, 0) is 12.1 Å². The van der Waals surface area contributed by atoms with E-state index in [-0.39, 0.29) is 11.3 Å². The molecule has 3 aromatic rings. The molecule has 0 fully saturated rings. The highest BCUT2D eigenvalue weighted by molar-refractivity contribution is 6.07. The molecule has 3 rings (SSSR count). The number of hydrogen-bond donors (Lipinski definition) is 1. The minimum Gasteiger partial charge on any atom is -0.383 e. The van der Waals surface area contributed by atoms with Crippen LogP contribution in [0.3, 0.4) is 0 Å². The van der Waals surface area contributed by atoms with Gasteiger partial charge < -0.3 is 5.73 Å². The molecule has 0 atom stereocenters. The number of alkyl halides is 3. The summed E-state index contributed by atoms with van der Waals surface area (Å²) in [5, 5.41) is 5.28. The molecule has 0 bridgehead atoms. The Morgan fingerprint density at radius 1 is 1.21 bits per heavy atom. The molecular formula is C12H9F3N4. The first-order chi connectivity index (χ1) is 8.88. The summed E-state index contributed by atoms with van der Waals surface area (Å²) in [6.45, 7) is 0. The van der Waals surface area contributed by atoms with E-state index in [0.29, 0.717) is 16.3 Å². The Morgan fingerprint density at radius 2 is 1.95 bits per heavy atom. The van der Waals surface area contributed by atoms with Crippen LogP contribution in [0.4, 0.5) is 19.0 Å². The van der Waals surface area contributed by atoms with Crippen LogP contribution in [0.1, 0.15) is 5.56 Å². The molecule has 1 aromatic carbocycles. The number of aryl methyl sites for hydroxylation is 1. The quantitative estimate of drug-likeness (QED) is 0.680. The molecule has 7 heteroatoms. The number of benzene rings is 1. The first kappa shape index (κ1) is 11.8. The Hall–Kier alpha value is -2.31. The lowest BCUT2D eigenvalue weighted by molar-refractivity contribution is -0.137. The lowest BCUT2D eigenvalue weighted by Gasteiger charge is -2.09. The summed E-state index contributed by atoms with van der Waals surface area (Å²) < 4.78 is 39.6. The van der Waals surface area contributed by atoms with E-state index in [0.717, 1.165) is 12.1 Å². The average molecular weight is 266 g/mol. The Balaban J connectivity index is 2.43. The Labute approximate surface area is 105 Å². The predicted molar refractivity (Wildman–Crippen MR) is 65.4 cm³/mol. The third kappa shape index (κ3) is 1.69. The summed E-state index contributed by atoms with van der Waals surface area (Å²) in [5.74, 6) is 0.176. The summed E-state index contributed by atoms with van der Waals surface area (Å²) in [5.41, 5.74) is 5.90. The number of anilines is 1. The van der Waals surface area contributed by atoms with E-state index in [1.807, 2.05) is 0 Å². The maximum absolute atomic E-state index is 12.7. The first-order valence-corrected chi connectivity index (χ1v) is 5.46. The summed E-state index contributed by atoms with van der Waals surface area (Å²) in [6, 6.07) is 3.43. The third-order valence-electron chi connectivity index (χ3n) is 3.04. The lowest BCUT2D eigenvalue weighted by atomic mass is 10.1. The molecule has 0 saturated carbocycles. The van der Waals surface area contributed by atoms with Crippen molar-refractivity contribution in [3.63, 3.8) is 0 Å². The molecule has 19 heavy (non-hydrogen) atoms. The van der Waals surface area contributed by atoms with Crippen LogP contribution in [0.2, 0.25) is 0 Å². The normalized spacial score (nSPS) is 12.4. The van der Waals surface area contributed by atoms with Gasteiger partial charge in [-0.3, -0.25) is 4.68 Å². The Morgan fingerprint density at radius 3 is 2.63 bits per heavy atom. The Kier molecular flexibility index (Phi) is 2.23. The molecule has 2 heterocycles. The summed E-state index contributed by atoms with van der Waals surface area (Å²) >= 11 is 0. The van der Waals surface area contributed by atoms with Crippen LogP contribution in [0.25, 0.3) is 21.8 Å². The fraction of sp³-hybridized carbons (Fsp3) is 0.167. The van der Waals surface area contributed by atoms with Crippen molar-refractivity contribution in [3.05, 3.63) is 30.0 Å². The largest absolute Gasteiger partial charge is 0.416 e. The monoisotopic (exact) mass is 266 g/mol. The predicted octanol–water partition coefficient (Wildman–Crippen LogP) is 2.72. The lowest BCUT2D eigenvalue weighted by Crippen LogP contribution is -2.05. The molecule has 0 spiro atoms. The van der Waals surface area contributed by atoms with Gasteiger partial charge in [0.15, 0.2) is 0 Å². The number of nitrogens with zero attached hydrogens (tertiary/aromatic N) is 3. The fourth-order valence-corrected chi connectivity index (χ4v) is 2.14. The molecule has 0 amide bonds. The van der Waals surface area contributed by atoms with Gasteiger partial charge in [-0.2, -0.15) is 18.3 Å². The van der Waals surface area contributed by atoms with Crippen LogP contribution in [0.15, 0.2) is 24.4 Å². The zero-order valence-electron chi connectivity index (χ0n) is 9.86. The maximum Gasteiger partial charge on any atom is 0.416 e. The molecule has 0 saturated heterocycles. The van der Waals surface area contributed by atoms with Crippen molar-refractivity contribution in [2.75, 3.05) is 5.73 Å². The van der Waals surface area contributed by atoms with Crippen LogP contribution < -0.4 is 5.73 Å². The van der Waals surface area contributed by atoms with Crippen LogP contribution in [-0.2, 0) is 13.2 Å². The summed E-state index contributed by atoms with van der Waals surface area (Å²) in [4.78, 5) is 4.02. The van der Waals surface area contributed by atoms with Gasteiger partial charge in [0.1, 0.15) is 5.82 Å². The standard InChI is InChI=1S/C12H9F3N4/c1-19-10-7-3-2-6(12(13,14)15)4-9(7)18-11(16)8(10)5-17-19/h2-5H,1H3,(H2,16,18). The highest BCUT2D eigenvalue weighted by Gasteiger charge is 2.30. The van der Waals surface area contributed by atoms with E-state index in [2.05, 4.69) is 10.1 Å². The van der Waals surface area contributed by atoms with Crippen LogP contribution in [0, 0.1) is 0 Å². The number of rotatable bonds is 0. The van der Waals surface area contributed by atoms with Crippen LogP contribution in [0.5, 0.6) is 0 Å². The van der Waals surface area contributed by atoms with Crippen molar-refractivity contribution >= 4 is 27.6 Å². The molecular weight excluding hydrogens is 257 g/mol. The van der Waals surface area contributed by atoms with Gasteiger partial charge in [-0.15, -0.1) is 0 Å². The highest BCUT2D eigenvalue weighted by atomic mass is 19.4. The molecule has 0 aliphatic rings. The zero-order chi connectivity index (χ0) is 13.8. The van der Waals surface area contributed by atoms with E-state index >= 15 is 0 Å². The van der Waals surface area contributed by atoms with Gasteiger partial charge in [0.25, 0.3) is 0 Å². The molecule has 0 unspecified atom stereocenters. The SMILES string of the molecule is Cn1ncc2c(N)nc3cc(C(F)(F)F)ccc3c21. The van der Waals surface area contributed by atoms with Gasteiger partial charge in [-0.1, -0.05) is 6.07 Å². The second-order valence-corrected chi connectivity index (χ2v) is 4.26. The van der Waals surface area contributed by atoms with E-state index in [4.69, 9.17) is 5.73 Å². The van der Waals surface area contributed by atoms with Gasteiger partial charge in [0.2, 0.25) is 0 Å². The van der Waals surface area contributed by atoms with E-state index in [9.17, 15) is 13.2 Å². The minimum absolute atomic E-state index is 0.176. The number of nitrogen functional groups attached to an aromatic ring is 1. The molecule has 2 N–H and O–H groups in total. The molecule has 0 aliphatic heterocycles. The number of halogens is 3. The summed E-state index contributed by atoms with van der Waals surface area (Å²) in [6.07, 6.45) is -2.85. The van der Waals surface area contributed by atoms with Crippen molar-refractivity contribution in [2.45, 2.75) is 6.18 Å². The molecule has 4 nitrogen and oxygen atoms in total. The molecule has 0 radical (unpaired) electrons. The molecule has 98 valence electrons. The van der Waals surface area contributed by atoms with Crippen molar-refractivity contribution < 1.29 is 13.2 Å². The smallest absolute Gasteiger partial charge is 0.383 e. The van der Waals surface area contributed by atoms with Crippen molar-refractivity contribution in [3.8, 4) is 0 Å². The van der Waals surface area contributed by atoms with Gasteiger partial charge >= 0.3 is 6.18 Å². The average Bonchev–Trinajstić information content (AvgIpc) is 2.71. The van der Waals surface area contributed by atoms with E-state index in [1.54, 1.807) is 17.9 Å². The van der Waals surface area contributed by atoms with Gasteiger partial charge in [0, 0.05) is 12.4 Å². The molecule has 0 aliphatic carbocycles. The second-order valence-electron chi connectivity index (χ2n) is 4.26. The van der Waals surface area contributed by atoms with Crippen molar-refractivity contribution in [2.24, 2.45) is 7.05 Å². The summed E-state index contributed by atoms with van der Waals surface area (Å²) in [7, 11) is 1.71. The number of nitrogens with two attached hydrogens (primary N) is 1. The zero-order valence-corrected chi connectivity index (χ0v) is 9.86. The number of hydrogen-bond acceptors (Lipinski definition) is 3. The van der Waals surface area contributed by atoms with Crippen LogP contribution in [-0.4, -0.2) is 14.8 Å². The van der Waals surface area contributed by atoms with Crippen LogP contribution >= 0.6 is 0 Å². The topological polar surface area (TPSA) is 56.7 Å². The number of aromatic nitrogens is 3. The van der Waals surface area contributed by atoms with E-state index < -0.39 is 11.7 Å². The highest BCUT2D eigenvalue weighted by Crippen LogP contribution is 2.33. The van der Waals surface area contributed by atoms with Crippen molar-refractivity contribution in [1.29, 1.82) is 0 Å². The van der Waals surface area contributed by atoms with Gasteiger partial charge in [0.05, 0.1) is 28.2 Å². The Bertz CT molecular complexity index is 789. The first-order valence-electron chi connectivity index (χ1n) is 5.46. The third-order valence-corrected chi connectivity index (χ3v) is 3.04.